The van der Waals surface area contributed by atoms with E-state index in [2.05, 4.69) is 53.3 Å². The summed E-state index contributed by atoms with van der Waals surface area (Å²) in [5, 5.41) is 0. The summed E-state index contributed by atoms with van der Waals surface area (Å²) in [6.07, 6.45) is 20.7. The zero-order valence-corrected chi connectivity index (χ0v) is 23.8. The molecule has 1 aromatic carbocycles. The van der Waals surface area contributed by atoms with E-state index in [9.17, 15) is 19.2 Å². The van der Waals surface area contributed by atoms with Gasteiger partial charge in [-0.3, -0.25) is 14.8 Å². The van der Waals surface area contributed by atoms with Gasteiger partial charge in [0.05, 0.1) is 12.5 Å². The minimum absolute atomic E-state index is 0.0737. The summed E-state index contributed by atoms with van der Waals surface area (Å²) in [4.78, 5) is 51.9. The van der Waals surface area contributed by atoms with Crippen molar-refractivity contribution in [1.82, 2.24) is 14.5 Å². The van der Waals surface area contributed by atoms with Crippen molar-refractivity contribution in [3.63, 3.8) is 0 Å². The Balaban J connectivity index is 1.47. The van der Waals surface area contributed by atoms with E-state index in [1.54, 1.807) is 0 Å². The van der Waals surface area contributed by atoms with Crippen molar-refractivity contribution in [3.05, 3.63) is 85.6 Å². The fourth-order valence-electron chi connectivity index (χ4n) is 5.36. The molecule has 0 aliphatic heterocycles. The maximum atomic E-state index is 13.0. The summed E-state index contributed by atoms with van der Waals surface area (Å²) in [6, 6.07) is 10.2. The SMILES string of the molecule is CCCCCCCCOC(=O)C1CC(/C=C/c2ccccc2)CC1/C=C/CCCCCn1c(=O)[nH]c(=O)[nH]c1=O. The monoisotopic (exact) mass is 551 g/mol. The molecule has 1 aromatic heterocycles. The Morgan fingerprint density at radius 3 is 2.35 bits per heavy atom. The molecular weight excluding hydrogens is 506 g/mol. The Bertz CT molecular complexity index is 1220. The molecule has 0 spiro atoms. The van der Waals surface area contributed by atoms with Crippen molar-refractivity contribution in [2.24, 2.45) is 17.8 Å². The molecule has 3 rings (SSSR count). The van der Waals surface area contributed by atoms with Gasteiger partial charge in [-0.05, 0) is 55.9 Å². The summed E-state index contributed by atoms with van der Waals surface area (Å²) < 4.78 is 6.74. The van der Waals surface area contributed by atoms with Gasteiger partial charge in [0.2, 0.25) is 0 Å². The van der Waals surface area contributed by atoms with Crippen molar-refractivity contribution < 1.29 is 9.53 Å². The molecule has 1 heterocycles. The van der Waals surface area contributed by atoms with E-state index >= 15 is 0 Å². The van der Waals surface area contributed by atoms with Gasteiger partial charge in [-0.1, -0.05) is 100 Å². The number of aromatic nitrogens is 3. The number of hydrogen-bond acceptors (Lipinski definition) is 5. The van der Waals surface area contributed by atoms with Gasteiger partial charge < -0.3 is 4.74 Å². The molecule has 1 saturated carbocycles. The van der Waals surface area contributed by atoms with Crippen LogP contribution in [0.25, 0.3) is 6.08 Å². The number of hydrogen-bond donors (Lipinski definition) is 2. The molecule has 8 nitrogen and oxygen atoms in total. The number of carbonyl (C=O) groups excluding carboxylic acids is 1. The number of benzene rings is 1. The Hall–Kier alpha value is -3.42. The maximum absolute atomic E-state index is 13.0. The fourth-order valence-corrected chi connectivity index (χ4v) is 5.36. The fraction of sp³-hybridized carbons (Fsp3) is 0.562. The molecule has 3 unspecified atom stereocenters. The number of ether oxygens (including phenoxy) is 1. The van der Waals surface area contributed by atoms with Crippen LogP contribution in [0.4, 0.5) is 0 Å². The Kier molecular flexibility index (Phi) is 13.5. The first kappa shape index (κ1) is 31.1. The first-order valence-electron chi connectivity index (χ1n) is 15.0. The van der Waals surface area contributed by atoms with Gasteiger partial charge >= 0.3 is 23.0 Å². The van der Waals surface area contributed by atoms with E-state index in [1.807, 2.05) is 18.2 Å². The summed E-state index contributed by atoms with van der Waals surface area (Å²) in [6.45, 7) is 2.98. The standard InChI is InChI=1S/C32H45N3O5/c1-2-3-4-5-9-15-22-40-29(36)28-24-26(20-19-25-16-11-10-12-17-25)23-27(28)18-13-7-6-8-14-21-35-31(38)33-30(37)34-32(35)39/h10-13,16-20,26-28H,2-9,14-15,21-24H2,1H3,(H2,33,34,37,38,39)/b18-13+,20-19+. The van der Waals surface area contributed by atoms with Crippen molar-refractivity contribution in [1.29, 1.82) is 0 Å². The first-order valence-corrected chi connectivity index (χ1v) is 15.0. The Morgan fingerprint density at radius 2 is 1.60 bits per heavy atom. The summed E-state index contributed by atoms with van der Waals surface area (Å²) in [5.41, 5.74) is -0.985. The molecule has 1 fully saturated rings. The molecule has 0 saturated heterocycles. The zero-order chi connectivity index (χ0) is 28.6. The van der Waals surface area contributed by atoms with Gasteiger partial charge in [-0.2, -0.15) is 0 Å². The van der Waals surface area contributed by atoms with E-state index in [0.29, 0.717) is 18.9 Å². The first-order chi connectivity index (χ1) is 19.5. The van der Waals surface area contributed by atoms with E-state index in [-0.39, 0.29) is 24.3 Å². The van der Waals surface area contributed by atoms with Crippen LogP contribution in [0.3, 0.4) is 0 Å². The molecule has 0 radical (unpaired) electrons. The van der Waals surface area contributed by atoms with E-state index < -0.39 is 17.1 Å². The number of rotatable bonds is 17. The van der Waals surface area contributed by atoms with Crippen molar-refractivity contribution in [3.8, 4) is 0 Å². The highest BCUT2D eigenvalue weighted by atomic mass is 16.5. The molecule has 8 heteroatoms. The minimum atomic E-state index is -0.786. The smallest absolute Gasteiger partial charge is 0.333 e. The lowest BCUT2D eigenvalue weighted by molar-refractivity contribution is -0.149. The lowest BCUT2D eigenvalue weighted by Crippen LogP contribution is -2.43. The third-order valence-electron chi connectivity index (χ3n) is 7.62. The largest absolute Gasteiger partial charge is 0.465 e. The van der Waals surface area contributed by atoms with Crippen LogP contribution in [0.1, 0.15) is 89.5 Å². The minimum Gasteiger partial charge on any atom is -0.465 e. The average molecular weight is 552 g/mol. The molecule has 1 aliphatic carbocycles. The van der Waals surface area contributed by atoms with Crippen molar-refractivity contribution in [2.45, 2.75) is 90.5 Å². The van der Waals surface area contributed by atoms with Crippen LogP contribution in [0.5, 0.6) is 0 Å². The lowest BCUT2D eigenvalue weighted by Gasteiger charge is -2.15. The van der Waals surface area contributed by atoms with E-state index in [0.717, 1.165) is 55.1 Å². The second-order valence-corrected chi connectivity index (χ2v) is 10.8. The molecule has 218 valence electrons. The van der Waals surface area contributed by atoms with Crippen LogP contribution in [0.2, 0.25) is 0 Å². The van der Waals surface area contributed by atoms with E-state index in [4.69, 9.17) is 4.74 Å². The number of aromatic amines is 2. The topological polar surface area (TPSA) is 114 Å². The van der Waals surface area contributed by atoms with Crippen molar-refractivity contribution in [2.75, 3.05) is 6.61 Å². The lowest BCUT2D eigenvalue weighted by atomic mass is 9.95. The predicted octanol–water partition coefficient (Wildman–Crippen LogP) is 5.60. The third-order valence-corrected chi connectivity index (χ3v) is 7.62. The molecular formula is C32H45N3O5. The maximum Gasteiger partial charge on any atom is 0.333 e. The Labute approximate surface area is 236 Å². The second-order valence-electron chi connectivity index (χ2n) is 10.8. The van der Waals surface area contributed by atoms with Gasteiger partial charge in [0.25, 0.3) is 0 Å². The molecule has 1 aliphatic rings. The number of unbranched alkanes of at least 4 members (excludes halogenated alkanes) is 8. The molecule has 40 heavy (non-hydrogen) atoms. The number of esters is 1. The van der Waals surface area contributed by atoms with Gasteiger partial charge in [-0.15, -0.1) is 0 Å². The van der Waals surface area contributed by atoms with Crippen molar-refractivity contribution >= 4 is 12.0 Å². The molecule has 0 bridgehead atoms. The zero-order valence-electron chi connectivity index (χ0n) is 23.8. The quantitative estimate of drug-likeness (QED) is 0.151. The third kappa shape index (κ3) is 10.6. The molecule has 2 aromatic rings. The van der Waals surface area contributed by atoms with Gasteiger partial charge in [0, 0.05) is 6.54 Å². The number of allylic oxidation sites excluding steroid dienone is 3. The average Bonchev–Trinajstić information content (AvgIpc) is 3.35. The summed E-state index contributed by atoms with van der Waals surface area (Å²) >= 11 is 0. The number of carbonyl (C=O) groups is 1. The van der Waals surface area contributed by atoms with Crippen LogP contribution >= 0.6 is 0 Å². The van der Waals surface area contributed by atoms with Crippen LogP contribution in [0, 0.1) is 17.8 Å². The van der Waals surface area contributed by atoms with Gasteiger partial charge in [0.1, 0.15) is 0 Å². The van der Waals surface area contributed by atoms with Crippen LogP contribution < -0.4 is 17.1 Å². The number of nitrogens with zero attached hydrogens (tertiary/aromatic N) is 1. The summed E-state index contributed by atoms with van der Waals surface area (Å²) in [5.74, 6) is 0.284. The number of H-pyrrole nitrogens is 2. The molecule has 0 amide bonds. The van der Waals surface area contributed by atoms with Crippen LogP contribution in [-0.4, -0.2) is 27.1 Å². The second kappa shape index (κ2) is 17.3. The van der Waals surface area contributed by atoms with Gasteiger partial charge in [-0.25, -0.2) is 19.0 Å². The normalized spacial score (nSPS) is 19.1. The Morgan fingerprint density at radius 1 is 0.900 bits per heavy atom. The van der Waals surface area contributed by atoms with Gasteiger partial charge in [0.15, 0.2) is 0 Å². The molecule has 3 atom stereocenters. The highest BCUT2D eigenvalue weighted by molar-refractivity contribution is 5.73. The van der Waals surface area contributed by atoms with Crippen LogP contribution in [-0.2, 0) is 16.1 Å². The molecule has 2 N–H and O–H groups in total. The highest BCUT2D eigenvalue weighted by Gasteiger charge is 2.37. The number of nitrogens with one attached hydrogen (secondary N) is 2. The predicted molar refractivity (Wildman–Crippen MR) is 159 cm³/mol. The van der Waals surface area contributed by atoms with E-state index in [1.165, 1.54) is 25.7 Å². The van der Waals surface area contributed by atoms with Crippen LogP contribution in [0.15, 0.2) is 62.9 Å². The highest BCUT2D eigenvalue weighted by Crippen LogP contribution is 2.39. The summed E-state index contributed by atoms with van der Waals surface area (Å²) in [7, 11) is 0.